The first kappa shape index (κ1) is 15.6. The van der Waals surface area contributed by atoms with E-state index in [1.165, 1.54) is 12.1 Å². The van der Waals surface area contributed by atoms with E-state index in [4.69, 9.17) is 0 Å². The van der Waals surface area contributed by atoms with Crippen molar-refractivity contribution in [3.05, 3.63) is 35.6 Å². The number of carbonyl (C=O) groups excluding carboxylic acids is 1. The summed E-state index contributed by atoms with van der Waals surface area (Å²) in [6, 6.07) is 6.38. The second-order valence-electron chi connectivity index (χ2n) is 5.17. The van der Waals surface area contributed by atoms with Crippen LogP contribution >= 0.6 is 0 Å². The van der Waals surface area contributed by atoms with Gasteiger partial charge in [-0.1, -0.05) is 26.0 Å². The van der Waals surface area contributed by atoms with Crippen LogP contribution in [0.3, 0.4) is 0 Å². The zero-order valence-electron chi connectivity index (χ0n) is 11.8. The Morgan fingerprint density at radius 3 is 2.63 bits per heavy atom. The van der Waals surface area contributed by atoms with Gasteiger partial charge in [0.2, 0.25) is 5.91 Å². The van der Waals surface area contributed by atoms with Crippen LogP contribution < -0.4 is 0 Å². The quantitative estimate of drug-likeness (QED) is 0.857. The molecule has 0 heterocycles. The van der Waals surface area contributed by atoms with E-state index in [-0.39, 0.29) is 30.2 Å². The normalized spacial score (nSPS) is 12.5. The summed E-state index contributed by atoms with van der Waals surface area (Å²) in [6.45, 7) is 4.21. The maximum absolute atomic E-state index is 13.0. The van der Waals surface area contributed by atoms with Gasteiger partial charge < -0.3 is 10.0 Å². The van der Waals surface area contributed by atoms with Gasteiger partial charge in [-0.2, -0.15) is 0 Å². The molecule has 1 aromatic carbocycles. The summed E-state index contributed by atoms with van der Waals surface area (Å²) < 4.78 is 13.0. The lowest BCUT2D eigenvalue weighted by Gasteiger charge is -2.24. The molecule has 1 atom stereocenters. The van der Waals surface area contributed by atoms with Crippen molar-refractivity contribution in [2.75, 3.05) is 20.2 Å². The van der Waals surface area contributed by atoms with Crippen LogP contribution in [0.1, 0.15) is 19.4 Å². The van der Waals surface area contributed by atoms with Crippen LogP contribution in [0.5, 0.6) is 0 Å². The number of aliphatic hydroxyl groups is 1. The maximum atomic E-state index is 13.0. The summed E-state index contributed by atoms with van der Waals surface area (Å²) in [5, 5.41) is 9.24. The minimum atomic E-state index is -0.363. The third kappa shape index (κ3) is 4.63. The fourth-order valence-corrected chi connectivity index (χ4v) is 1.96. The number of nitrogens with zero attached hydrogens (tertiary/aromatic N) is 1. The molecule has 1 unspecified atom stereocenters. The zero-order valence-corrected chi connectivity index (χ0v) is 11.8. The van der Waals surface area contributed by atoms with Crippen molar-refractivity contribution in [3.63, 3.8) is 0 Å². The second kappa shape index (κ2) is 7.24. The molecule has 0 saturated heterocycles. The number of aliphatic hydroxyl groups excluding tert-OH is 1. The van der Waals surface area contributed by atoms with Crippen molar-refractivity contribution in [1.82, 2.24) is 4.90 Å². The van der Waals surface area contributed by atoms with Crippen LogP contribution in [-0.4, -0.2) is 36.1 Å². The standard InChI is InChI=1S/C15H22FNO2/c1-11(2)14(10-18)15(19)17(3)8-7-12-5-4-6-13(16)9-12/h4-6,9,11,14,18H,7-8,10H2,1-3H3. The molecule has 0 aliphatic carbocycles. The number of likely N-dealkylation sites (N-methyl/N-ethyl adjacent to an activating group) is 1. The fraction of sp³-hybridized carbons (Fsp3) is 0.533. The number of hydrogen-bond donors (Lipinski definition) is 1. The summed E-state index contributed by atoms with van der Waals surface area (Å²) >= 11 is 0. The molecule has 0 aromatic heterocycles. The van der Waals surface area contributed by atoms with E-state index in [9.17, 15) is 14.3 Å². The molecule has 0 bridgehead atoms. The minimum absolute atomic E-state index is 0.0612. The number of halogens is 1. The van der Waals surface area contributed by atoms with E-state index in [2.05, 4.69) is 0 Å². The van der Waals surface area contributed by atoms with Gasteiger partial charge in [-0.3, -0.25) is 4.79 Å². The number of hydrogen-bond acceptors (Lipinski definition) is 2. The van der Waals surface area contributed by atoms with Crippen molar-refractivity contribution in [1.29, 1.82) is 0 Å². The van der Waals surface area contributed by atoms with Crippen LogP contribution in [0.15, 0.2) is 24.3 Å². The van der Waals surface area contributed by atoms with Gasteiger partial charge in [-0.25, -0.2) is 4.39 Å². The highest BCUT2D eigenvalue weighted by atomic mass is 19.1. The molecule has 0 radical (unpaired) electrons. The topological polar surface area (TPSA) is 40.5 Å². The van der Waals surface area contributed by atoms with Crippen molar-refractivity contribution in [2.45, 2.75) is 20.3 Å². The molecule has 0 aliphatic rings. The zero-order chi connectivity index (χ0) is 14.4. The van der Waals surface area contributed by atoms with Crippen LogP contribution in [0, 0.1) is 17.7 Å². The Bertz CT molecular complexity index is 420. The Hall–Kier alpha value is -1.42. The summed E-state index contributed by atoms with van der Waals surface area (Å²) in [5.41, 5.74) is 0.866. The molecule has 4 heteroatoms. The molecule has 1 N–H and O–H groups in total. The Labute approximate surface area is 114 Å². The Morgan fingerprint density at radius 2 is 2.11 bits per heavy atom. The number of carbonyl (C=O) groups is 1. The van der Waals surface area contributed by atoms with Gasteiger partial charge in [0, 0.05) is 13.6 Å². The average molecular weight is 267 g/mol. The van der Waals surface area contributed by atoms with Crippen molar-refractivity contribution >= 4 is 5.91 Å². The molecule has 106 valence electrons. The SMILES string of the molecule is CC(C)C(CO)C(=O)N(C)CCc1cccc(F)c1. The third-order valence-electron chi connectivity index (χ3n) is 3.32. The summed E-state index contributed by atoms with van der Waals surface area (Å²) in [5.74, 6) is -0.581. The summed E-state index contributed by atoms with van der Waals surface area (Å²) in [6.07, 6.45) is 0.607. The molecule has 0 fully saturated rings. The summed E-state index contributed by atoms with van der Waals surface area (Å²) in [4.78, 5) is 13.7. The van der Waals surface area contributed by atoms with Crippen LogP contribution in [0.2, 0.25) is 0 Å². The predicted molar refractivity (Wildman–Crippen MR) is 73.2 cm³/mol. The van der Waals surface area contributed by atoms with Crippen molar-refractivity contribution < 1.29 is 14.3 Å². The second-order valence-corrected chi connectivity index (χ2v) is 5.17. The summed E-state index contributed by atoms with van der Waals surface area (Å²) in [7, 11) is 1.71. The van der Waals surface area contributed by atoms with Gasteiger partial charge in [-0.05, 0) is 30.0 Å². The number of benzene rings is 1. The van der Waals surface area contributed by atoms with Gasteiger partial charge in [-0.15, -0.1) is 0 Å². The van der Waals surface area contributed by atoms with Crippen molar-refractivity contribution in [3.8, 4) is 0 Å². The molecule has 1 aromatic rings. The third-order valence-corrected chi connectivity index (χ3v) is 3.32. The Morgan fingerprint density at radius 1 is 1.42 bits per heavy atom. The largest absolute Gasteiger partial charge is 0.396 e. The van der Waals surface area contributed by atoms with E-state index in [0.717, 1.165) is 5.56 Å². The van der Waals surface area contributed by atoms with Gasteiger partial charge in [0.25, 0.3) is 0 Å². The van der Waals surface area contributed by atoms with Crippen LogP contribution in [0.25, 0.3) is 0 Å². The lowest BCUT2D eigenvalue weighted by atomic mass is 9.95. The highest BCUT2D eigenvalue weighted by Gasteiger charge is 2.24. The molecule has 0 saturated carbocycles. The molecular weight excluding hydrogens is 245 g/mol. The number of amides is 1. The van der Waals surface area contributed by atoms with E-state index >= 15 is 0 Å². The molecular formula is C15H22FNO2. The first-order valence-corrected chi connectivity index (χ1v) is 6.56. The smallest absolute Gasteiger partial charge is 0.228 e. The van der Waals surface area contributed by atoms with Gasteiger partial charge in [0.1, 0.15) is 5.82 Å². The monoisotopic (exact) mass is 267 g/mol. The molecule has 0 aliphatic heterocycles. The minimum Gasteiger partial charge on any atom is -0.396 e. The lowest BCUT2D eigenvalue weighted by Crippen LogP contribution is -2.38. The molecule has 3 nitrogen and oxygen atoms in total. The molecule has 1 amide bonds. The Kier molecular flexibility index (Phi) is 5.96. The van der Waals surface area contributed by atoms with E-state index < -0.39 is 0 Å². The average Bonchev–Trinajstić information content (AvgIpc) is 2.36. The number of rotatable bonds is 6. The van der Waals surface area contributed by atoms with Gasteiger partial charge in [0.05, 0.1) is 12.5 Å². The predicted octanol–water partition coefficient (Wildman–Crippen LogP) is 2.09. The fourth-order valence-electron chi connectivity index (χ4n) is 1.96. The first-order valence-electron chi connectivity index (χ1n) is 6.56. The van der Waals surface area contributed by atoms with E-state index in [1.807, 2.05) is 19.9 Å². The van der Waals surface area contributed by atoms with Crippen LogP contribution in [-0.2, 0) is 11.2 Å². The highest BCUT2D eigenvalue weighted by molar-refractivity contribution is 5.78. The highest BCUT2D eigenvalue weighted by Crippen LogP contribution is 2.13. The van der Waals surface area contributed by atoms with E-state index in [0.29, 0.717) is 13.0 Å². The molecule has 19 heavy (non-hydrogen) atoms. The van der Waals surface area contributed by atoms with Gasteiger partial charge in [0.15, 0.2) is 0 Å². The Balaban J connectivity index is 2.55. The van der Waals surface area contributed by atoms with Crippen molar-refractivity contribution in [2.24, 2.45) is 11.8 Å². The van der Waals surface area contributed by atoms with Gasteiger partial charge >= 0.3 is 0 Å². The molecule has 0 spiro atoms. The molecule has 1 rings (SSSR count). The van der Waals surface area contributed by atoms with Crippen LogP contribution in [0.4, 0.5) is 4.39 Å². The maximum Gasteiger partial charge on any atom is 0.228 e. The lowest BCUT2D eigenvalue weighted by molar-refractivity contribution is -0.137. The van der Waals surface area contributed by atoms with E-state index in [1.54, 1.807) is 18.0 Å². The first-order chi connectivity index (χ1) is 8.95.